The molecular weight excluding hydrogens is 324 g/mol. The van der Waals surface area contributed by atoms with Crippen LogP contribution >= 0.6 is 15.9 Å². The maximum atomic E-state index is 12.2. The van der Waals surface area contributed by atoms with Gasteiger partial charge in [-0.25, -0.2) is 0 Å². The van der Waals surface area contributed by atoms with Gasteiger partial charge >= 0.3 is 5.97 Å². The van der Waals surface area contributed by atoms with Crippen molar-refractivity contribution in [1.29, 1.82) is 0 Å². The van der Waals surface area contributed by atoms with Gasteiger partial charge in [-0.3, -0.25) is 9.59 Å². The number of nitrogens with zero attached hydrogens (tertiary/aromatic N) is 1. The Morgan fingerprint density at radius 2 is 2.05 bits per heavy atom. The molecule has 20 heavy (non-hydrogen) atoms. The number of carbonyl (C=O) groups excluding carboxylic acids is 1. The van der Waals surface area contributed by atoms with Crippen LogP contribution in [-0.2, 0) is 11.3 Å². The molecule has 0 radical (unpaired) electrons. The highest BCUT2D eigenvalue weighted by Gasteiger charge is 2.14. The Morgan fingerprint density at radius 3 is 2.75 bits per heavy atom. The van der Waals surface area contributed by atoms with E-state index >= 15 is 0 Å². The van der Waals surface area contributed by atoms with Gasteiger partial charge in [0, 0.05) is 16.4 Å². The predicted molar refractivity (Wildman–Crippen MR) is 78.9 cm³/mol. The lowest BCUT2D eigenvalue weighted by Crippen LogP contribution is -2.19. The third kappa shape index (κ3) is 3.08. The van der Waals surface area contributed by atoms with Crippen molar-refractivity contribution in [3.05, 3.63) is 52.3 Å². The van der Waals surface area contributed by atoms with Crippen molar-refractivity contribution < 1.29 is 14.7 Å². The number of hydrogen-bond donors (Lipinski definition) is 2. The van der Waals surface area contributed by atoms with Crippen molar-refractivity contribution >= 4 is 33.5 Å². The number of halogens is 1. The topological polar surface area (TPSA) is 71.3 Å². The van der Waals surface area contributed by atoms with Gasteiger partial charge in [0.15, 0.2) is 0 Å². The summed E-state index contributed by atoms with van der Waals surface area (Å²) >= 11 is 3.40. The molecule has 2 N–H and O–H groups in total. The lowest BCUT2D eigenvalue weighted by atomic mass is 10.2. The summed E-state index contributed by atoms with van der Waals surface area (Å²) in [4.78, 5) is 22.9. The average Bonchev–Trinajstić information content (AvgIpc) is 2.82. The second-order valence-electron chi connectivity index (χ2n) is 4.28. The highest BCUT2D eigenvalue weighted by Crippen LogP contribution is 2.23. The highest BCUT2D eigenvalue weighted by atomic mass is 79.9. The van der Waals surface area contributed by atoms with Gasteiger partial charge in [-0.2, -0.15) is 0 Å². The molecule has 104 valence electrons. The number of aliphatic carboxylic acids is 1. The lowest BCUT2D eigenvalue weighted by molar-refractivity contribution is -0.137. The van der Waals surface area contributed by atoms with Gasteiger partial charge in [-0.15, -0.1) is 0 Å². The Hall–Kier alpha value is -2.08. The lowest BCUT2D eigenvalue weighted by Gasteiger charge is -2.11. The summed E-state index contributed by atoms with van der Waals surface area (Å²) in [5.41, 5.74) is 1.91. The minimum absolute atomic E-state index is 0.243. The normalized spacial score (nSPS) is 10.3. The van der Waals surface area contributed by atoms with Crippen LogP contribution in [0.4, 0.5) is 5.69 Å². The summed E-state index contributed by atoms with van der Waals surface area (Å²) < 4.78 is 2.29. The van der Waals surface area contributed by atoms with E-state index in [1.54, 1.807) is 24.4 Å². The van der Waals surface area contributed by atoms with Gasteiger partial charge < -0.3 is 15.0 Å². The standard InChI is InChI=1S/C14H13BrN2O3/c1-9-10(15)4-2-5-11(9)16-14(20)12-6-3-7-17(12)8-13(18)19/h2-7H,8H2,1H3,(H,16,20)(H,18,19). The molecule has 0 aliphatic heterocycles. The summed E-state index contributed by atoms with van der Waals surface area (Å²) in [6, 6.07) is 8.74. The smallest absolute Gasteiger partial charge is 0.323 e. The zero-order valence-corrected chi connectivity index (χ0v) is 12.3. The van der Waals surface area contributed by atoms with E-state index in [1.807, 2.05) is 19.1 Å². The molecule has 0 saturated carbocycles. The van der Waals surface area contributed by atoms with Crippen LogP contribution in [0.25, 0.3) is 0 Å². The van der Waals surface area contributed by atoms with Crippen LogP contribution in [0.3, 0.4) is 0 Å². The van der Waals surface area contributed by atoms with Crippen LogP contribution in [0.15, 0.2) is 41.0 Å². The molecule has 0 aliphatic rings. The quantitative estimate of drug-likeness (QED) is 0.901. The van der Waals surface area contributed by atoms with E-state index in [1.165, 1.54) is 4.57 Å². The van der Waals surface area contributed by atoms with E-state index < -0.39 is 5.97 Å². The molecule has 1 aromatic heterocycles. The summed E-state index contributed by atoms with van der Waals surface area (Å²) in [5, 5.41) is 11.6. The molecule has 2 aromatic rings. The molecule has 0 aliphatic carbocycles. The van der Waals surface area contributed by atoms with E-state index in [4.69, 9.17) is 5.11 Å². The molecule has 0 bridgehead atoms. The van der Waals surface area contributed by atoms with E-state index in [2.05, 4.69) is 21.2 Å². The first-order valence-corrected chi connectivity index (χ1v) is 6.71. The Morgan fingerprint density at radius 1 is 1.30 bits per heavy atom. The second-order valence-corrected chi connectivity index (χ2v) is 5.14. The SMILES string of the molecule is Cc1c(Br)cccc1NC(=O)c1cccn1CC(=O)O. The number of carboxylic acid groups (broad SMARTS) is 1. The van der Waals surface area contributed by atoms with E-state index in [0.717, 1.165) is 10.0 Å². The van der Waals surface area contributed by atoms with Gasteiger partial charge in [0.25, 0.3) is 5.91 Å². The van der Waals surface area contributed by atoms with Crippen LogP contribution in [0.5, 0.6) is 0 Å². The summed E-state index contributed by atoms with van der Waals surface area (Å²) in [6.07, 6.45) is 1.57. The van der Waals surface area contributed by atoms with Crippen LogP contribution in [0, 0.1) is 6.92 Å². The second kappa shape index (κ2) is 5.92. The van der Waals surface area contributed by atoms with Gasteiger partial charge in [0.1, 0.15) is 12.2 Å². The number of hydrogen-bond acceptors (Lipinski definition) is 2. The fraction of sp³-hybridized carbons (Fsp3) is 0.143. The van der Waals surface area contributed by atoms with Crippen molar-refractivity contribution in [3.63, 3.8) is 0 Å². The van der Waals surface area contributed by atoms with E-state index in [-0.39, 0.29) is 12.5 Å². The number of rotatable bonds is 4. The Bertz CT molecular complexity index is 664. The molecule has 1 heterocycles. The molecule has 6 heteroatoms. The molecule has 1 aromatic carbocycles. The average molecular weight is 337 g/mol. The third-order valence-corrected chi connectivity index (χ3v) is 3.74. The number of carbonyl (C=O) groups is 2. The van der Waals surface area contributed by atoms with E-state index in [9.17, 15) is 9.59 Å². The first kappa shape index (κ1) is 14.3. The fourth-order valence-corrected chi connectivity index (χ4v) is 2.20. The van der Waals surface area contributed by atoms with Crippen LogP contribution < -0.4 is 5.32 Å². The van der Waals surface area contributed by atoms with Crippen molar-refractivity contribution in [2.24, 2.45) is 0 Å². The first-order valence-electron chi connectivity index (χ1n) is 5.92. The predicted octanol–water partition coefficient (Wildman–Crippen LogP) is 2.90. The van der Waals surface area contributed by atoms with Crippen molar-refractivity contribution in [3.8, 4) is 0 Å². The number of amides is 1. The molecule has 0 atom stereocenters. The molecule has 0 saturated heterocycles. The maximum Gasteiger partial charge on any atom is 0.323 e. The van der Waals surface area contributed by atoms with Crippen LogP contribution in [0.1, 0.15) is 16.1 Å². The van der Waals surface area contributed by atoms with Crippen molar-refractivity contribution in [2.45, 2.75) is 13.5 Å². The monoisotopic (exact) mass is 336 g/mol. The minimum Gasteiger partial charge on any atom is -0.480 e. The van der Waals surface area contributed by atoms with Crippen LogP contribution in [0.2, 0.25) is 0 Å². The third-order valence-electron chi connectivity index (χ3n) is 2.88. The summed E-state index contributed by atoms with van der Waals surface area (Å²) in [5.74, 6) is -1.33. The van der Waals surface area contributed by atoms with Gasteiger partial charge in [0.2, 0.25) is 0 Å². The van der Waals surface area contributed by atoms with E-state index in [0.29, 0.717) is 11.4 Å². The summed E-state index contributed by atoms with van der Waals surface area (Å²) in [7, 11) is 0. The maximum absolute atomic E-state index is 12.2. The molecule has 5 nitrogen and oxygen atoms in total. The highest BCUT2D eigenvalue weighted by molar-refractivity contribution is 9.10. The largest absolute Gasteiger partial charge is 0.480 e. The number of aromatic nitrogens is 1. The molecule has 2 rings (SSSR count). The van der Waals surface area contributed by atoms with Crippen molar-refractivity contribution in [2.75, 3.05) is 5.32 Å². The molecule has 0 spiro atoms. The Kier molecular flexibility index (Phi) is 4.24. The van der Waals surface area contributed by atoms with Gasteiger partial charge in [-0.1, -0.05) is 22.0 Å². The fourth-order valence-electron chi connectivity index (χ4n) is 1.83. The Balaban J connectivity index is 2.22. The number of carboxylic acids is 1. The van der Waals surface area contributed by atoms with Gasteiger partial charge in [0.05, 0.1) is 0 Å². The number of nitrogens with one attached hydrogen (secondary N) is 1. The zero-order chi connectivity index (χ0) is 14.7. The molecule has 0 unspecified atom stereocenters. The molecular formula is C14H13BrN2O3. The molecule has 1 amide bonds. The number of anilines is 1. The summed E-state index contributed by atoms with van der Waals surface area (Å²) in [6.45, 7) is 1.64. The number of benzene rings is 1. The Labute approximate surface area is 124 Å². The minimum atomic E-state index is -0.992. The van der Waals surface area contributed by atoms with Crippen molar-refractivity contribution in [1.82, 2.24) is 4.57 Å². The molecule has 0 fully saturated rings. The van der Waals surface area contributed by atoms with Gasteiger partial charge in [-0.05, 0) is 36.8 Å². The van der Waals surface area contributed by atoms with Crippen LogP contribution in [-0.4, -0.2) is 21.6 Å². The first-order chi connectivity index (χ1) is 9.49. The zero-order valence-electron chi connectivity index (χ0n) is 10.8.